The fraction of sp³-hybridized carbons (Fsp3) is 0.316. The Kier molecular flexibility index (Phi) is 5.53. The summed E-state index contributed by atoms with van der Waals surface area (Å²) in [4.78, 5) is 29.4. The first-order valence-electron chi connectivity index (χ1n) is 8.79. The maximum Gasteiger partial charge on any atom is 0.433 e. The summed E-state index contributed by atoms with van der Waals surface area (Å²) in [6.45, 7) is 1.61. The molecule has 0 spiro atoms. The molecule has 0 unspecified atom stereocenters. The maximum absolute atomic E-state index is 12.6. The number of benzene rings is 1. The third-order valence-electron chi connectivity index (χ3n) is 4.54. The van der Waals surface area contributed by atoms with Crippen molar-refractivity contribution >= 4 is 23.2 Å². The quantitative estimate of drug-likeness (QED) is 0.834. The Balaban J connectivity index is 1.87. The van der Waals surface area contributed by atoms with Gasteiger partial charge in [0.2, 0.25) is 5.91 Å². The van der Waals surface area contributed by atoms with Crippen molar-refractivity contribution in [3.8, 4) is 0 Å². The number of piperidine rings is 1. The van der Waals surface area contributed by atoms with Gasteiger partial charge < -0.3 is 16.0 Å². The van der Waals surface area contributed by atoms with Crippen LogP contribution >= 0.6 is 0 Å². The molecule has 6 nitrogen and oxygen atoms in total. The van der Waals surface area contributed by atoms with Gasteiger partial charge in [0.05, 0.1) is 16.9 Å². The van der Waals surface area contributed by atoms with Gasteiger partial charge >= 0.3 is 6.18 Å². The highest BCUT2D eigenvalue weighted by molar-refractivity contribution is 6.07. The van der Waals surface area contributed by atoms with Gasteiger partial charge in [-0.3, -0.25) is 14.6 Å². The predicted octanol–water partition coefficient (Wildman–Crippen LogP) is 3.44. The topological polar surface area (TPSA) is 88.3 Å². The number of hydrogen-bond donors (Lipinski definition) is 2. The number of primary amides is 1. The molecule has 2 heterocycles. The van der Waals surface area contributed by atoms with Crippen LogP contribution in [0.2, 0.25) is 0 Å². The van der Waals surface area contributed by atoms with E-state index < -0.39 is 23.7 Å². The summed E-state index contributed by atoms with van der Waals surface area (Å²) in [7, 11) is 0. The van der Waals surface area contributed by atoms with Gasteiger partial charge in [0.25, 0.3) is 5.91 Å². The molecule has 1 aliphatic heterocycles. The van der Waals surface area contributed by atoms with Crippen LogP contribution in [0.4, 0.5) is 24.5 Å². The van der Waals surface area contributed by atoms with Crippen molar-refractivity contribution in [1.29, 1.82) is 0 Å². The first-order chi connectivity index (χ1) is 13.3. The zero-order valence-corrected chi connectivity index (χ0v) is 14.9. The standard InChI is InChI=1S/C19H19F3N4O2/c20-19(21,22)16-7-5-13(11-24-16)18(28)25-14-10-12(17(23)27)4-6-15(14)26-8-2-1-3-9-26/h4-7,10-11H,1-3,8-9H2,(H2,23,27)(H,25,28). The first kappa shape index (κ1) is 19.7. The highest BCUT2D eigenvalue weighted by Gasteiger charge is 2.32. The fourth-order valence-electron chi connectivity index (χ4n) is 3.09. The van der Waals surface area contributed by atoms with Crippen molar-refractivity contribution in [2.24, 2.45) is 5.73 Å². The number of carbonyl (C=O) groups excluding carboxylic acids is 2. The third kappa shape index (κ3) is 4.41. The van der Waals surface area contributed by atoms with Crippen LogP contribution in [0.5, 0.6) is 0 Å². The molecule has 9 heteroatoms. The van der Waals surface area contributed by atoms with Gasteiger partial charge in [-0.05, 0) is 49.6 Å². The van der Waals surface area contributed by atoms with Crippen molar-refractivity contribution in [3.63, 3.8) is 0 Å². The molecule has 3 N–H and O–H groups in total. The second-order valence-electron chi connectivity index (χ2n) is 6.53. The van der Waals surface area contributed by atoms with E-state index >= 15 is 0 Å². The van der Waals surface area contributed by atoms with E-state index in [4.69, 9.17) is 5.73 Å². The minimum absolute atomic E-state index is 0.0259. The van der Waals surface area contributed by atoms with Crippen molar-refractivity contribution in [3.05, 3.63) is 53.3 Å². The van der Waals surface area contributed by atoms with Gasteiger partial charge in [0, 0.05) is 24.8 Å². The van der Waals surface area contributed by atoms with E-state index in [9.17, 15) is 22.8 Å². The molecular formula is C19H19F3N4O2. The van der Waals surface area contributed by atoms with Crippen LogP contribution in [0.25, 0.3) is 0 Å². The Morgan fingerprint density at radius 1 is 1.04 bits per heavy atom. The lowest BCUT2D eigenvalue weighted by molar-refractivity contribution is -0.141. The number of amides is 2. The number of alkyl halides is 3. The zero-order valence-electron chi connectivity index (χ0n) is 14.9. The van der Waals surface area contributed by atoms with Crippen molar-refractivity contribution in [2.45, 2.75) is 25.4 Å². The summed E-state index contributed by atoms with van der Waals surface area (Å²) in [6.07, 6.45) is -0.570. The van der Waals surface area contributed by atoms with Crippen molar-refractivity contribution in [2.75, 3.05) is 23.3 Å². The number of hydrogen-bond acceptors (Lipinski definition) is 4. The summed E-state index contributed by atoms with van der Waals surface area (Å²) < 4.78 is 37.9. The number of rotatable bonds is 4. The van der Waals surface area contributed by atoms with Crippen molar-refractivity contribution < 1.29 is 22.8 Å². The Bertz CT molecular complexity index is 876. The molecule has 2 aromatic rings. The van der Waals surface area contributed by atoms with Crippen LogP contribution in [0.3, 0.4) is 0 Å². The Labute approximate surface area is 159 Å². The van der Waals surface area contributed by atoms with E-state index in [1.54, 1.807) is 12.1 Å². The molecule has 0 aliphatic carbocycles. The molecule has 28 heavy (non-hydrogen) atoms. The van der Waals surface area contributed by atoms with Gasteiger partial charge in [-0.2, -0.15) is 13.2 Å². The van der Waals surface area contributed by atoms with Gasteiger partial charge in [0.15, 0.2) is 0 Å². The molecule has 0 radical (unpaired) electrons. The normalized spacial score (nSPS) is 14.6. The van der Waals surface area contributed by atoms with Crippen LogP contribution in [-0.4, -0.2) is 29.9 Å². The Morgan fingerprint density at radius 2 is 1.71 bits per heavy atom. The summed E-state index contributed by atoms with van der Waals surface area (Å²) >= 11 is 0. The number of pyridine rings is 1. The monoisotopic (exact) mass is 392 g/mol. The van der Waals surface area contributed by atoms with Crippen LogP contribution in [0.1, 0.15) is 45.7 Å². The average Bonchev–Trinajstić information content (AvgIpc) is 2.68. The number of nitrogens with one attached hydrogen (secondary N) is 1. The fourth-order valence-corrected chi connectivity index (χ4v) is 3.09. The minimum atomic E-state index is -4.58. The van der Waals surface area contributed by atoms with Crippen molar-refractivity contribution in [1.82, 2.24) is 4.98 Å². The molecule has 1 fully saturated rings. The minimum Gasteiger partial charge on any atom is -0.370 e. The highest BCUT2D eigenvalue weighted by Crippen LogP contribution is 2.31. The molecule has 0 atom stereocenters. The molecule has 1 aromatic carbocycles. The van der Waals surface area contributed by atoms with Crippen LogP contribution in [0, 0.1) is 0 Å². The third-order valence-corrected chi connectivity index (χ3v) is 4.54. The zero-order chi connectivity index (χ0) is 20.3. The average molecular weight is 392 g/mol. The SMILES string of the molecule is NC(=O)c1ccc(N2CCCCC2)c(NC(=O)c2ccc(C(F)(F)F)nc2)c1. The smallest absolute Gasteiger partial charge is 0.370 e. The van der Waals surface area contributed by atoms with Gasteiger partial charge in [0.1, 0.15) is 5.69 Å². The lowest BCUT2D eigenvalue weighted by Crippen LogP contribution is -2.30. The lowest BCUT2D eigenvalue weighted by atomic mass is 10.1. The summed E-state index contributed by atoms with van der Waals surface area (Å²) in [5.41, 5.74) is 5.56. The van der Waals surface area contributed by atoms with E-state index in [1.165, 1.54) is 6.07 Å². The summed E-state index contributed by atoms with van der Waals surface area (Å²) in [5.74, 6) is -1.27. The van der Waals surface area contributed by atoms with E-state index in [-0.39, 0.29) is 11.1 Å². The second-order valence-corrected chi connectivity index (χ2v) is 6.53. The van der Waals surface area contributed by atoms with Gasteiger partial charge in [-0.15, -0.1) is 0 Å². The molecule has 0 saturated carbocycles. The van der Waals surface area contributed by atoms with E-state index in [0.717, 1.165) is 56.4 Å². The highest BCUT2D eigenvalue weighted by atomic mass is 19.4. The largest absolute Gasteiger partial charge is 0.433 e. The van der Waals surface area contributed by atoms with Crippen LogP contribution < -0.4 is 16.0 Å². The Morgan fingerprint density at radius 3 is 2.29 bits per heavy atom. The van der Waals surface area contributed by atoms with Gasteiger partial charge in [-0.25, -0.2) is 0 Å². The van der Waals surface area contributed by atoms with Crippen LogP contribution in [0.15, 0.2) is 36.5 Å². The molecule has 3 rings (SSSR count). The molecule has 0 bridgehead atoms. The predicted molar refractivity (Wildman–Crippen MR) is 98.2 cm³/mol. The molecular weight excluding hydrogens is 373 g/mol. The molecule has 1 aromatic heterocycles. The molecule has 1 saturated heterocycles. The number of aromatic nitrogens is 1. The Hall–Kier alpha value is -3.10. The number of nitrogens with zero attached hydrogens (tertiary/aromatic N) is 2. The number of nitrogens with two attached hydrogens (primary N) is 1. The van der Waals surface area contributed by atoms with E-state index in [1.807, 2.05) is 0 Å². The summed E-state index contributed by atoms with van der Waals surface area (Å²) in [5, 5.41) is 2.67. The number of carbonyl (C=O) groups is 2. The number of anilines is 2. The van der Waals surface area contributed by atoms with E-state index in [2.05, 4.69) is 15.2 Å². The maximum atomic E-state index is 12.6. The molecule has 2 amide bonds. The lowest BCUT2D eigenvalue weighted by Gasteiger charge is -2.30. The number of halogens is 3. The molecule has 148 valence electrons. The van der Waals surface area contributed by atoms with Crippen LogP contribution in [-0.2, 0) is 6.18 Å². The molecule has 1 aliphatic rings. The van der Waals surface area contributed by atoms with E-state index in [0.29, 0.717) is 5.69 Å². The summed E-state index contributed by atoms with van der Waals surface area (Å²) in [6, 6.07) is 6.58. The second kappa shape index (κ2) is 7.87. The first-order valence-corrected chi connectivity index (χ1v) is 8.79. The van der Waals surface area contributed by atoms with Gasteiger partial charge in [-0.1, -0.05) is 0 Å².